The molecule has 0 unspecified atom stereocenters. The standard InChI is InChI=1S/C7H6O5.2ClH.Mg/c8-4-1-3(7(11)12)2-5(9)6(4)10;;;/h1-2,8-10H,(H,11,12);2*1H;/q;;;+2/p-2. The number of carboxylic acids is 1. The van der Waals surface area contributed by atoms with Gasteiger partial charge in [-0.1, -0.05) is 0 Å². The predicted molar refractivity (Wildman–Crippen MR) is 44.1 cm³/mol. The molecule has 1 aromatic rings. The van der Waals surface area contributed by atoms with Crippen molar-refractivity contribution >= 4 is 29.0 Å². The molecule has 0 saturated heterocycles. The summed E-state index contributed by atoms with van der Waals surface area (Å²) in [4.78, 5) is 10.3. The van der Waals surface area contributed by atoms with Crippen LogP contribution in [-0.4, -0.2) is 49.4 Å². The molecule has 4 N–H and O–H groups in total. The molecule has 0 atom stereocenters. The van der Waals surface area contributed by atoms with E-state index in [4.69, 9.17) is 20.4 Å². The molecule has 0 radical (unpaired) electrons. The minimum absolute atomic E-state index is 0. The van der Waals surface area contributed by atoms with Crippen molar-refractivity contribution in [2.75, 3.05) is 0 Å². The summed E-state index contributed by atoms with van der Waals surface area (Å²) in [6.07, 6.45) is 0. The molecule has 15 heavy (non-hydrogen) atoms. The zero-order chi connectivity index (χ0) is 9.30. The van der Waals surface area contributed by atoms with E-state index < -0.39 is 23.2 Å². The molecule has 1 rings (SSSR count). The van der Waals surface area contributed by atoms with E-state index in [-0.39, 0.29) is 53.4 Å². The maximum Gasteiger partial charge on any atom is 2.00 e. The third-order valence-corrected chi connectivity index (χ3v) is 1.32. The first kappa shape index (κ1) is 19.9. The zero-order valence-corrected chi connectivity index (χ0v) is 10.2. The molecule has 0 aliphatic carbocycles. The van der Waals surface area contributed by atoms with Crippen LogP contribution in [0.1, 0.15) is 10.4 Å². The van der Waals surface area contributed by atoms with Crippen LogP contribution in [0.2, 0.25) is 0 Å². The normalized spacial score (nSPS) is 7.73. The van der Waals surface area contributed by atoms with Crippen LogP contribution in [0.3, 0.4) is 0 Å². The van der Waals surface area contributed by atoms with Crippen LogP contribution in [-0.2, 0) is 0 Å². The number of hydrogen-bond donors (Lipinski definition) is 4. The molecule has 8 heteroatoms. The minimum atomic E-state index is -1.29. The van der Waals surface area contributed by atoms with Crippen molar-refractivity contribution in [1.82, 2.24) is 0 Å². The summed E-state index contributed by atoms with van der Waals surface area (Å²) >= 11 is 0. The Labute approximate surface area is 114 Å². The molecule has 5 nitrogen and oxygen atoms in total. The SMILES string of the molecule is O=C(O)c1cc(O)c(O)c(O)c1.[Cl-].[Cl-].[Mg+2]. The van der Waals surface area contributed by atoms with Crippen LogP contribution in [0.5, 0.6) is 17.2 Å². The Hall–Kier alpha value is -0.564. The fourth-order valence-corrected chi connectivity index (χ4v) is 0.728. The van der Waals surface area contributed by atoms with Gasteiger partial charge in [-0.05, 0) is 12.1 Å². The number of benzene rings is 1. The number of phenols is 3. The van der Waals surface area contributed by atoms with Crippen molar-refractivity contribution in [3.8, 4) is 17.2 Å². The van der Waals surface area contributed by atoms with Gasteiger partial charge in [-0.25, -0.2) is 4.79 Å². The average Bonchev–Trinajstić information content (AvgIpc) is 1.99. The topological polar surface area (TPSA) is 98.0 Å². The van der Waals surface area contributed by atoms with Crippen LogP contribution in [0.25, 0.3) is 0 Å². The number of carboxylic acid groups (broad SMARTS) is 1. The fraction of sp³-hybridized carbons (Fsp3) is 0. The third-order valence-electron chi connectivity index (χ3n) is 1.32. The van der Waals surface area contributed by atoms with Crippen LogP contribution >= 0.6 is 0 Å². The first-order valence-electron chi connectivity index (χ1n) is 3.00. The number of carbonyl (C=O) groups is 1. The second-order valence-corrected chi connectivity index (χ2v) is 2.17. The number of aromatic carboxylic acids is 1. The van der Waals surface area contributed by atoms with E-state index in [1.54, 1.807) is 0 Å². The third kappa shape index (κ3) is 4.65. The largest absolute Gasteiger partial charge is 2.00 e. The quantitative estimate of drug-likeness (QED) is 0.299. The summed E-state index contributed by atoms with van der Waals surface area (Å²) in [6.45, 7) is 0. The fourth-order valence-electron chi connectivity index (χ4n) is 0.728. The maximum absolute atomic E-state index is 10.3. The van der Waals surface area contributed by atoms with Crippen LogP contribution in [0.4, 0.5) is 0 Å². The molecule has 0 bridgehead atoms. The summed E-state index contributed by atoms with van der Waals surface area (Å²) in [5.41, 5.74) is -0.289. The first-order valence-corrected chi connectivity index (χ1v) is 3.00. The summed E-state index contributed by atoms with van der Waals surface area (Å²) < 4.78 is 0. The Kier molecular flexibility index (Phi) is 10.2. The molecule has 0 saturated carbocycles. The van der Waals surface area contributed by atoms with Gasteiger partial charge in [-0.15, -0.1) is 0 Å². The summed E-state index contributed by atoms with van der Waals surface area (Å²) in [5, 5.41) is 35.0. The Balaban J connectivity index is -0.000000480. The van der Waals surface area contributed by atoms with E-state index in [1.807, 2.05) is 0 Å². The van der Waals surface area contributed by atoms with Crippen molar-refractivity contribution in [1.29, 1.82) is 0 Å². The molecule has 1 aromatic carbocycles. The molecule has 80 valence electrons. The van der Waals surface area contributed by atoms with Crippen LogP contribution in [0, 0.1) is 0 Å². The Morgan fingerprint density at radius 2 is 1.33 bits per heavy atom. The van der Waals surface area contributed by atoms with Gasteiger partial charge < -0.3 is 45.2 Å². The molecular weight excluding hydrogens is 259 g/mol. The second-order valence-electron chi connectivity index (χ2n) is 2.17. The van der Waals surface area contributed by atoms with E-state index in [2.05, 4.69) is 0 Å². The summed E-state index contributed by atoms with van der Waals surface area (Å²) in [6, 6.07) is 1.69. The zero-order valence-electron chi connectivity index (χ0n) is 7.31. The van der Waals surface area contributed by atoms with Crippen LogP contribution < -0.4 is 24.8 Å². The van der Waals surface area contributed by atoms with Crippen molar-refractivity contribution in [2.45, 2.75) is 0 Å². The number of rotatable bonds is 1. The number of hydrogen-bond acceptors (Lipinski definition) is 4. The molecule has 0 aliphatic rings. The van der Waals surface area contributed by atoms with E-state index in [1.165, 1.54) is 0 Å². The first-order chi connectivity index (χ1) is 5.52. The molecule has 0 aliphatic heterocycles. The van der Waals surface area contributed by atoms with Gasteiger partial charge in [0.05, 0.1) is 5.56 Å². The van der Waals surface area contributed by atoms with Gasteiger partial charge in [-0.3, -0.25) is 0 Å². The van der Waals surface area contributed by atoms with E-state index in [9.17, 15) is 4.79 Å². The number of phenolic OH excluding ortho intramolecular Hbond substituents is 3. The van der Waals surface area contributed by atoms with Gasteiger partial charge in [0.2, 0.25) is 0 Å². The molecular formula is C7H6Cl2MgO5. The molecule has 0 heterocycles. The van der Waals surface area contributed by atoms with Crippen LogP contribution in [0.15, 0.2) is 12.1 Å². The van der Waals surface area contributed by atoms with Gasteiger partial charge >= 0.3 is 29.0 Å². The monoisotopic (exact) mass is 264 g/mol. The number of aromatic hydroxyl groups is 3. The maximum atomic E-state index is 10.3. The summed E-state index contributed by atoms with van der Waals surface area (Å²) in [5.74, 6) is -3.33. The van der Waals surface area contributed by atoms with E-state index >= 15 is 0 Å². The Morgan fingerprint density at radius 3 is 1.60 bits per heavy atom. The second kappa shape index (κ2) is 7.69. The van der Waals surface area contributed by atoms with Crippen molar-refractivity contribution in [3.63, 3.8) is 0 Å². The minimum Gasteiger partial charge on any atom is -1.00 e. The molecule has 0 fully saturated rings. The van der Waals surface area contributed by atoms with Gasteiger partial charge in [0, 0.05) is 0 Å². The van der Waals surface area contributed by atoms with E-state index in [0.717, 1.165) is 12.1 Å². The molecule has 0 spiro atoms. The van der Waals surface area contributed by atoms with Crippen molar-refractivity contribution < 1.29 is 50.0 Å². The van der Waals surface area contributed by atoms with Gasteiger partial charge in [-0.2, -0.15) is 0 Å². The van der Waals surface area contributed by atoms with Crippen molar-refractivity contribution in [3.05, 3.63) is 17.7 Å². The number of halogens is 2. The van der Waals surface area contributed by atoms with Crippen molar-refractivity contribution in [2.24, 2.45) is 0 Å². The molecule has 0 amide bonds. The van der Waals surface area contributed by atoms with E-state index in [0.29, 0.717) is 0 Å². The Bertz CT molecular complexity index is 321. The van der Waals surface area contributed by atoms with Gasteiger partial charge in [0.1, 0.15) is 0 Å². The van der Waals surface area contributed by atoms with Gasteiger partial charge in [0.15, 0.2) is 17.2 Å². The molecule has 0 aromatic heterocycles. The summed E-state index contributed by atoms with van der Waals surface area (Å²) in [7, 11) is 0. The smallest absolute Gasteiger partial charge is 1.00 e. The predicted octanol–water partition coefficient (Wildman–Crippen LogP) is -5.87. The van der Waals surface area contributed by atoms with Gasteiger partial charge in [0.25, 0.3) is 0 Å². The average molecular weight is 265 g/mol. The Morgan fingerprint density at radius 1 is 1.00 bits per heavy atom.